The molecule has 0 aliphatic heterocycles. The molecule has 2 amide bonds. The average molecular weight is 472 g/mol. The molecule has 0 aliphatic carbocycles. The summed E-state index contributed by atoms with van der Waals surface area (Å²) in [5.74, 6) is -0.499. The third-order valence-electron chi connectivity index (χ3n) is 4.53. The van der Waals surface area contributed by atoms with E-state index in [2.05, 4.69) is 25.8 Å². The molecule has 1 unspecified atom stereocenters. The maximum Gasteiger partial charge on any atom is 0.278 e. The summed E-state index contributed by atoms with van der Waals surface area (Å²) in [5.41, 5.74) is 2.02. The van der Waals surface area contributed by atoms with Crippen LogP contribution in [0.3, 0.4) is 0 Å². The van der Waals surface area contributed by atoms with E-state index in [1.165, 1.54) is 6.92 Å². The molecule has 0 aliphatic rings. The van der Waals surface area contributed by atoms with Crippen molar-refractivity contribution in [2.45, 2.75) is 37.6 Å². The second-order valence-corrected chi connectivity index (χ2v) is 8.60. The Morgan fingerprint density at radius 2 is 1.91 bits per heavy atom. The summed E-state index contributed by atoms with van der Waals surface area (Å²) in [4.78, 5) is 39.5. The molecule has 1 heterocycles. The van der Waals surface area contributed by atoms with Gasteiger partial charge >= 0.3 is 0 Å². The number of thioether (sulfide) groups is 1. The number of anilines is 2. The maximum atomic E-state index is 12.7. The second kappa shape index (κ2) is 10.4. The quantitative estimate of drug-likeness (QED) is 0.443. The third kappa shape index (κ3) is 5.74. The maximum absolute atomic E-state index is 12.7. The highest BCUT2D eigenvalue weighted by atomic mass is 35.5. The zero-order chi connectivity index (χ0) is 23.3. The minimum atomic E-state index is -0.502. The van der Waals surface area contributed by atoms with Crippen molar-refractivity contribution < 1.29 is 9.59 Å². The smallest absolute Gasteiger partial charge is 0.278 e. The van der Waals surface area contributed by atoms with Crippen molar-refractivity contribution in [3.05, 3.63) is 63.4 Å². The highest BCUT2D eigenvalue weighted by Gasteiger charge is 2.21. The third-order valence-corrected chi connectivity index (χ3v) is 6.17. The lowest BCUT2D eigenvalue weighted by Crippen LogP contribution is -2.25. The first-order valence-corrected chi connectivity index (χ1v) is 11.1. The van der Waals surface area contributed by atoms with E-state index in [4.69, 9.17) is 11.6 Å². The van der Waals surface area contributed by atoms with Crippen LogP contribution < -0.4 is 16.2 Å². The molecule has 0 saturated heterocycles. The molecule has 0 spiro atoms. The predicted octanol–water partition coefficient (Wildman–Crippen LogP) is 4.26. The van der Waals surface area contributed by atoms with Crippen LogP contribution in [-0.4, -0.2) is 32.2 Å². The lowest BCUT2D eigenvalue weighted by atomic mass is 10.1. The Bertz CT molecular complexity index is 1210. The van der Waals surface area contributed by atoms with Gasteiger partial charge in [-0.25, -0.2) is 0 Å². The van der Waals surface area contributed by atoms with Crippen LogP contribution in [0.5, 0.6) is 0 Å². The summed E-state index contributed by atoms with van der Waals surface area (Å²) in [6.45, 7) is 5.13. The summed E-state index contributed by atoms with van der Waals surface area (Å²) in [5, 5.41) is 13.9. The minimum Gasteiger partial charge on any atom is -0.326 e. The largest absolute Gasteiger partial charge is 0.326 e. The van der Waals surface area contributed by atoms with Gasteiger partial charge in [0.2, 0.25) is 11.8 Å². The van der Waals surface area contributed by atoms with Gasteiger partial charge in [-0.3, -0.25) is 19.4 Å². The number of nitrogens with zero attached hydrogens (tertiary/aromatic N) is 2. The van der Waals surface area contributed by atoms with E-state index in [9.17, 15) is 14.4 Å². The van der Waals surface area contributed by atoms with Crippen LogP contribution in [0, 0.1) is 6.92 Å². The Kier molecular flexibility index (Phi) is 7.66. The number of nitrogens with one attached hydrogen (secondary N) is 3. The number of carbonyl (C=O) groups excluding carboxylic acids is 2. The van der Waals surface area contributed by atoms with Gasteiger partial charge in [-0.2, -0.15) is 0 Å². The standard InChI is InChI=1S/C22H22ClN5O3S/c1-4-18(20(30)25-14-10-9-12(2)16(23)11-14)32-22-26-21(31)19(27-28-22)15-7-5-6-8-17(15)24-13(3)29/h5-11,18H,4H2,1-3H3,(H,24,29)(H,25,30)(H,26,28,31). The number of rotatable bonds is 7. The summed E-state index contributed by atoms with van der Waals surface area (Å²) >= 11 is 7.24. The molecule has 10 heteroatoms. The molecule has 3 N–H and O–H groups in total. The predicted molar refractivity (Wildman–Crippen MR) is 127 cm³/mol. The van der Waals surface area contributed by atoms with Crippen molar-refractivity contribution in [3.63, 3.8) is 0 Å². The molecule has 8 nitrogen and oxygen atoms in total. The molecule has 0 radical (unpaired) electrons. The number of aryl methyl sites for hydroxylation is 1. The lowest BCUT2D eigenvalue weighted by molar-refractivity contribution is -0.116. The molecular formula is C22H22ClN5O3S. The van der Waals surface area contributed by atoms with Gasteiger partial charge in [0.05, 0.1) is 10.9 Å². The number of hydrogen-bond donors (Lipinski definition) is 3. The SMILES string of the molecule is CCC(Sc1nnc(-c2ccccc2NC(C)=O)c(=O)[nH]1)C(=O)Nc1ccc(C)c(Cl)c1. The molecule has 0 bridgehead atoms. The monoisotopic (exact) mass is 471 g/mol. The Hall–Kier alpha value is -3.17. The van der Waals surface area contributed by atoms with Gasteiger partial charge in [0.1, 0.15) is 0 Å². The fourth-order valence-electron chi connectivity index (χ4n) is 2.89. The summed E-state index contributed by atoms with van der Waals surface area (Å²) in [6, 6.07) is 12.1. The van der Waals surface area contributed by atoms with Gasteiger partial charge in [-0.05, 0) is 37.1 Å². The van der Waals surface area contributed by atoms with E-state index in [1.54, 1.807) is 36.4 Å². The molecule has 2 aromatic carbocycles. The van der Waals surface area contributed by atoms with Gasteiger partial charge in [0.15, 0.2) is 10.9 Å². The number of para-hydroxylation sites is 1. The molecule has 1 aromatic heterocycles. The van der Waals surface area contributed by atoms with E-state index in [0.29, 0.717) is 28.4 Å². The highest BCUT2D eigenvalue weighted by Crippen LogP contribution is 2.26. The van der Waals surface area contributed by atoms with Crippen molar-refractivity contribution >= 4 is 46.6 Å². The number of carbonyl (C=O) groups is 2. The summed E-state index contributed by atoms with van der Waals surface area (Å²) in [6.07, 6.45) is 0.507. The van der Waals surface area contributed by atoms with Crippen LogP contribution in [0.2, 0.25) is 5.02 Å². The fourth-order valence-corrected chi connectivity index (χ4v) is 3.91. The van der Waals surface area contributed by atoms with Crippen molar-refractivity contribution in [1.82, 2.24) is 15.2 Å². The first-order chi connectivity index (χ1) is 15.3. The van der Waals surface area contributed by atoms with Crippen molar-refractivity contribution in [2.75, 3.05) is 10.6 Å². The van der Waals surface area contributed by atoms with Crippen LogP contribution in [0.15, 0.2) is 52.4 Å². The number of aromatic amines is 1. The normalized spacial score (nSPS) is 11.6. The molecule has 3 rings (SSSR count). The number of H-pyrrole nitrogens is 1. The van der Waals surface area contributed by atoms with Gasteiger partial charge < -0.3 is 10.6 Å². The summed E-state index contributed by atoms with van der Waals surface area (Å²) in [7, 11) is 0. The molecule has 0 saturated carbocycles. The Balaban J connectivity index is 1.78. The summed E-state index contributed by atoms with van der Waals surface area (Å²) < 4.78 is 0. The van der Waals surface area contributed by atoms with Crippen LogP contribution in [0.1, 0.15) is 25.8 Å². The Morgan fingerprint density at radius 1 is 1.16 bits per heavy atom. The van der Waals surface area contributed by atoms with Crippen molar-refractivity contribution in [3.8, 4) is 11.3 Å². The van der Waals surface area contributed by atoms with Gasteiger partial charge in [0.25, 0.3) is 5.56 Å². The topological polar surface area (TPSA) is 117 Å². The Morgan fingerprint density at radius 3 is 2.56 bits per heavy atom. The van der Waals surface area contributed by atoms with Crippen LogP contribution in [0.4, 0.5) is 11.4 Å². The highest BCUT2D eigenvalue weighted by molar-refractivity contribution is 8.00. The van der Waals surface area contributed by atoms with E-state index >= 15 is 0 Å². The zero-order valence-electron chi connectivity index (χ0n) is 17.7. The van der Waals surface area contributed by atoms with Crippen LogP contribution in [0.25, 0.3) is 11.3 Å². The van der Waals surface area contributed by atoms with E-state index in [-0.39, 0.29) is 22.7 Å². The molecule has 0 fully saturated rings. The van der Waals surface area contributed by atoms with Crippen molar-refractivity contribution in [1.29, 1.82) is 0 Å². The number of hydrogen-bond acceptors (Lipinski definition) is 6. The number of aromatic nitrogens is 3. The van der Waals surface area contributed by atoms with Crippen LogP contribution >= 0.6 is 23.4 Å². The van der Waals surface area contributed by atoms with E-state index < -0.39 is 10.8 Å². The van der Waals surface area contributed by atoms with Crippen molar-refractivity contribution in [2.24, 2.45) is 0 Å². The van der Waals surface area contributed by atoms with Gasteiger partial charge in [-0.15, -0.1) is 10.2 Å². The fraction of sp³-hybridized carbons (Fsp3) is 0.227. The molecule has 1 atom stereocenters. The molecule has 166 valence electrons. The molecule has 32 heavy (non-hydrogen) atoms. The second-order valence-electron chi connectivity index (χ2n) is 7.00. The zero-order valence-corrected chi connectivity index (χ0v) is 19.3. The van der Waals surface area contributed by atoms with E-state index in [0.717, 1.165) is 17.3 Å². The van der Waals surface area contributed by atoms with E-state index in [1.807, 2.05) is 19.9 Å². The minimum absolute atomic E-state index is 0.0745. The van der Waals surface area contributed by atoms with Crippen LogP contribution in [-0.2, 0) is 9.59 Å². The average Bonchev–Trinajstić information content (AvgIpc) is 2.75. The molecule has 3 aromatic rings. The van der Waals surface area contributed by atoms with Gasteiger partial charge in [-0.1, -0.05) is 54.6 Å². The van der Waals surface area contributed by atoms with Gasteiger partial charge in [0, 0.05) is 23.2 Å². The first-order valence-electron chi connectivity index (χ1n) is 9.86. The number of amides is 2. The number of halogens is 1. The first kappa shape index (κ1) is 23.5. The number of benzene rings is 2. The molecular weight excluding hydrogens is 450 g/mol. The lowest BCUT2D eigenvalue weighted by Gasteiger charge is -2.14. The Labute approximate surface area is 194 Å².